The van der Waals surface area contributed by atoms with Crippen molar-refractivity contribution in [2.75, 3.05) is 13.2 Å². The van der Waals surface area contributed by atoms with E-state index in [9.17, 15) is 24.3 Å². The van der Waals surface area contributed by atoms with Gasteiger partial charge in [-0.15, -0.1) is 0 Å². The average Bonchev–Trinajstić information content (AvgIpc) is 2.79. The molecule has 1 aromatic carbocycles. The van der Waals surface area contributed by atoms with E-state index >= 15 is 0 Å². The predicted octanol–water partition coefficient (Wildman–Crippen LogP) is 4.40. The van der Waals surface area contributed by atoms with Gasteiger partial charge in [0.1, 0.15) is 6.04 Å². The number of ether oxygens (including phenoxy) is 5. The van der Waals surface area contributed by atoms with Crippen molar-refractivity contribution in [1.29, 1.82) is 0 Å². The molecule has 202 valence electrons. The Morgan fingerprint density at radius 2 is 1.47 bits per heavy atom. The lowest BCUT2D eigenvalue weighted by Crippen LogP contribution is -2.39. The van der Waals surface area contributed by atoms with Gasteiger partial charge in [0.15, 0.2) is 11.5 Å². The largest absolute Gasteiger partial charge is 0.513 e. The van der Waals surface area contributed by atoms with Crippen molar-refractivity contribution in [3.8, 4) is 11.5 Å². The highest BCUT2D eigenvalue weighted by Gasteiger charge is 2.32. The zero-order chi connectivity index (χ0) is 27.5. The summed E-state index contributed by atoms with van der Waals surface area (Å²) in [5, 5.41) is 9.58. The summed E-state index contributed by atoms with van der Waals surface area (Å²) in [5.74, 6) is -2.90. The first-order valence-corrected chi connectivity index (χ1v) is 11.8. The van der Waals surface area contributed by atoms with Gasteiger partial charge in [0.25, 0.3) is 0 Å². The topological polar surface area (TPSA) is 161 Å². The van der Waals surface area contributed by atoms with Crippen LogP contribution >= 0.6 is 0 Å². The number of hydrogen-bond donors (Lipinski definition) is 2. The number of benzene rings is 1. The van der Waals surface area contributed by atoms with Crippen LogP contribution in [0.4, 0.5) is 9.59 Å². The van der Waals surface area contributed by atoms with Crippen LogP contribution in [0, 0.1) is 5.41 Å². The summed E-state index contributed by atoms with van der Waals surface area (Å²) in [4.78, 5) is 48.1. The summed E-state index contributed by atoms with van der Waals surface area (Å²) in [6.45, 7) is 10.6. The molecule has 11 nitrogen and oxygen atoms in total. The van der Waals surface area contributed by atoms with Gasteiger partial charge in [0.2, 0.25) is 0 Å². The molecule has 0 saturated carbocycles. The van der Waals surface area contributed by atoms with E-state index in [1.807, 2.05) is 6.92 Å². The molecule has 0 amide bonds. The molecule has 0 aliphatic heterocycles. The third kappa shape index (κ3) is 10.1. The third-order valence-electron chi connectivity index (χ3n) is 4.86. The Morgan fingerprint density at radius 3 is 1.94 bits per heavy atom. The molecule has 1 aromatic rings. The SMILES string of the molecule is CCCOC(=O)Oc1ccc(C(CC(C)OC(=O)C(C)(C)C)[C@H](N)C(=O)O)cc1OC(=O)OCCC. The summed E-state index contributed by atoms with van der Waals surface area (Å²) in [5.41, 5.74) is 5.58. The molecule has 0 bridgehead atoms. The minimum absolute atomic E-state index is 0.0632. The fraction of sp³-hybridized carbons (Fsp3) is 0.600. The number of rotatable bonds is 12. The molecule has 0 saturated heterocycles. The molecular weight excluding hydrogens is 474 g/mol. The van der Waals surface area contributed by atoms with Crippen molar-refractivity contribution >= 4 is 24.2 Å². The summed E-state index contributed by atoms with van der Waals surface area (Å²) in [6, 6.07) is 2.78. The summed E-state index contributed by atoms with van der Waals surface area (Å²) < 4.78 is 25.7. The van der Waals surface area contributed by atoms with Crippen molar-refractivity contribution in [2.24, 2.45) is 11.1 Å². The number of carboxylic acid groups (broad SMARTS) is 1. The molecule has 3 atom stereocenters. The second-order valence-electron chi connectivity index (χ2n) is 9.28. The van der Waals surface area contributed by atoms with Gasteiger partial charge in [-0.2, -0.15) is 0 Å². The van der Waals surface area contributed by atoms with Crippen LogP contribution in [0.5, 0.6) is 11.5 Å². The van der Waals surface area contributed by atoms with Crippen LogP contribution in [0.25, 0.3) is 0 Å². The lowest BCUT2D eigenvalue weighted by atomic mass is 9.86. The van der Waals surface area contributed by atoms with E-state index in [-0.39, 0.29) is 31.1 Å². The minimum atomic E-state index is -1.37. The molecule has 0 radical (unpaired) electrons. The quantitative estimate of drug-likeness (QED) is 0.232. The Labute approximate surface area is 211 Å². The highest BCUT2D eigenvalue weighted by Crippen LogP contribution is 2.35. The summed E-state index contributed by atoms with van der Waals surface area (Å²) in [6.07, 6.45) is -1.51. The second kappa shape index (κ2) is 14.3. The smallest absolute Gasteiger partial charge is 0.480 e. The van der Waals surface area contributed by atoms with Gasteiger partial charge in [-0.25, -0.2) is 9.59 Å². The molecule has 0 heterocycles. The summed E-state index contributed by atoms with van der Waals surface area (Å²) in [7, 11) is 0. The van der Waals surface area contributed by atoms with E-state index in [1.165, 1.54) is 18.2 Å². The number of nitrogens with two attached hydrogens (primary N) is 1. The van der Waals surface area contributed by atoms with Gasteiger partial charge < -0.3 is 34.5 Å². The Morgan fingerprint density at radius 1 is 0.944 bits per heavy atom. The standard InChI is InChI=1S/C25H37NO10/c1-7-11-32-23(30)35-18-10-9-16(14-19(18)36-24(31)33-12-8-2)17(20(26)21(27)28)13-15(3)34-22(29)25(4,5)6/h9-10,14-15,17,20H,7-8,11-13,26H2,1-6H3,(H,27,28)/t15?,17?,20-/m0/s1. The van der Waals surface area contributed by atoms with Crippen molar-refractivity contribution in [3.05, 3.63) is 23.8 Å². The molecule has 3 N–H and O–H groups in total. The van der Waals surface area contributed by atoms with Crippen LogP contribution in [-0.2, 0) is 23.8 Å². The van der Waals surface area contributed by atoms with Gasteiger partial charge in [0, 0.05) is 5.92 Å². The number of carbonyl (C=O) groups excluding carboxylic acids is 3. The van der Waals surface area contributed by atoms with Crippen LogP contribution in [-0.4, -0.2) is 54.7 Å². The predicted molar refractivity (Wildman–Crippen MR) is 129 cm³/mol. The fourth-order valence-electron chi connectivity index (χ4n) is 2.96. The minimum Gasteiger partial charge on any atom is -0.480 e. The van der Waals surface area contributed by atoms with E-state index < -0.39 is 47.7 Å². The lowest BCUT2D eigenvalue weighted by Gasteiger charge is -2.27. The van der Waals surface area contributed by atoms with E-state index in [1.54, 1.807) is 34.6 Å². The molecular formula is C25H37NO10. The van der Waals surface area contributed by atoms with Crippen LogP contribution in [0.3, 0.4) is 0 Å². The maximum atomic E-state index is 12.3. The Balaban J connectivity index is 3.32. The van der Waals surface area contributed by atoms with Crippen molar-refractivity contribution in [1.82, 2.24) is 0 Å². The lowest BCUT2D eigenvalue weighted by molar-refractivity contribution is -0.158. The molecule has 1 rings (SSSR count). The van der Waals surface area contributed by atoms with Crippen LogP contribution < -0.4 is 15.2 Å². The fourth-order valence-corrected chi connectivity index (χ4v) is 2.96. The maximum absolute atomic E-state index is 12.3. The van der Waals surface area contributed by atoms with Crippen molar-refractivity contribution in [3.63, 3.8) is 0 Å². The Hall–Kier alpha value is -3.34. The average molecular weight is 512 g/mol. The molecule has 0 fully saturated rings. The van der Waals surface area contributed by atoms with Crippen LogP contribution in [0.15, 0.2) is 18.2 Å². The monoisotopic (exact) mass is 511 g/mol. The zero-order valence-corrected chi connectivity index (χ0v) is 21.7. The zero-order valence-electron chi connectivity index (χ0n) is 21.7. The van der Waals surface area contributed by atoms with Gasteiger partial charge in [-0.3, -0.25) is 9.59 Å². The first-order valence-electron chi connectivity index (χ1n) is 11.8. The van der Waals surface area contributed by atoms with E-state index in [0.29, 0.717) is 18.4 Å². The highest BCUT2D eigenvalue weighted by molar-refractivity contribution is 5.76. The molecule has 0 aromatic heterocycles. The van der Waals surface area contributed by atoms with Crippen molar-refractivity contribution < 1.29 is 48.0 Å². The number of esters is 1. The van der Waals surface area contributed by atoms with Gasteiger partial charge in [-0.05, 0) is 64.7 Å². The summed E-state index contributed by atoms with van der Waals surface area (Å²) >= 11 is 0. The van der Waals surface area contributed by atoms with Gasteiger partial charge in [0.05, 0.1) is 24.7 Å². The van der Waals surface area contributed by atoms with E-state index in [0.717, 1.165) is 0 Å². The van der Waals surface area contributed by atoms with Gasteiger partial charge in [-0.1, -0.05) is 19.9 Å². The highest BCUT2D eigenvalue weighted by atomic mass is 16.7. The molecule has 0 aliphatic carbocycles. The normalized spacial score (nSPS) is 13.6. The van der Waals surface area contributed by atoms with Crippen LogP contribution in [0.2, 0.25) is 0 Å². The number of hydrogen-bond acceptors (Lipinski definition) is 10. The van der Waals surface area contributed by atoms with Crippen LogP contribution in [0.1, 0.15) is 72.3 Å². The molecule has 0 spiro atoms. The maximum Gasteiger partial charge on any atom is 0.513 e. The Bertz CT molecular complexity index is 909. The first kappa shape index (κ1) is 30.7. The van der Waals surface area contributed by atoms with E-state index in [2.05, 4.69) is 0 Å². The molecule has 36 heavy (non-hydrogen) atoms. The van der Waals surface area contributed by atoms with Gasteiger partial charge >= 0.3 is 24.2 Å². The van der Waals surface area contributed by atoms with E-state index in [4.69, 9.17) is 29.4 Å². The number of aliphatic carboxylic acids is 1. The molecule has 0 aliphatic rings. The molecule has 2 unspecified atom stereocenters. The second-order valence-corrected chi connectivity index (χ2v) is 9.28. The Kier molecular flexibility index (Phi) is 12.2. The van der Waals surface area contributed by atoms with Crippen molar-refractivity contribution in [2.45, 2.75) is 78.9 Å². The molecule has 11 heteroatoms. The number of carboxylic acids is 1. The number of carbonyl (C=O) groups is 4. The third-order valence-corrected chi connectivity index (χ3v) is 4.86. The first-order chi connectivity index (χ1) is 16.8.